The molecule has 1 aliphatic rings. The lowest BCUT2D eigenvalue weighted by Gasteiger charge is -2.09. The molecule has 0 aliphatic heterocycles. The first-order chi connectivity index (χ1) is 9.33. The first-order valence-corrected chi connectivity index (χ1v) is 7.24. The van der Waals surface area contributed by atoms with Crippen LogP contribution in [0.1, 0.15) is 42.0 Å². The lowest BCUT2D eigenvalue weighted by molar-refractivity contribution is 0.708. The van der Waals surface area contributed by atoms with Crippen molar-refractivity contribution in [2.75, 3.05) is 0 Å². The molecule has 0 amide bonds. The summed E-state index contributed by atoms with van der Waals surface area (Å²) in [6, 6.07) is 5.95. The van der Waals surface area contributed by atoms with Crippen LogP contribution in [0.15, 0.2) is 24.4 Å². The Morgan fingerprint density at radius 3 is 2.89 bits per heavy atom. The summed E-state index contributed by atoms with van der Waals surface area (Å²) in [7, 11) is 0. The van der Waals surface area contributed by atoms with Gasteiger partial charge in [-0.3, -0.25) is 4.98 Å². The summed E-state index contributed by atoms with van der Waals surface area (Å²) in [4.78, 5) is 12.4. The SMILES string of the molecule is S=c1nc(Cc2ccccn2)[nH]c2c1CCCCC2. The summed E-state index contributed by atoms with van der Waals surface area (Å²) in [5.74, 6) is 0.935. The van der Waals surface area contributed by atoms with Crippen LogP contribution in [0.25, 0.3) is 0 Å². The number of fused-ring (bicyclic) bond motifs is 1. The van der Waals surface area contributed by atoms with E-state index in [1.807, 2.05) is 24.4 Å². The number of aromatic amines is 1. The van der Waals surface area contributed by atoms with Crippen molar-refractivity contribution in [3.05, 3.63) is 51.8 Å². The third-order valence-corrected chi connectivity index (χ3v) is 3.92. The average Bonchev–Trinajstić information content (AvgIpc) is 2.65. The summed E-state index contributed by atoms with van der Waals surface area (Å²) in [5, 5.41) is 0. The monoisotopic (exact) mass is 271 g/mol. The highest BCUT2D eigenvalue weighted by molar-refractivity contribution is 7.71. The van der Waals surface area contributed by atoms with E-state index < -0.39 is 0 Å². The molecule has 0 atom stereocenters. The van der Waals surface area contributed by atoms with Crippen molar-refractivity contribution in [3.63, 3.8) is 0 Å². The summed E-state index contributed by atoms with van der Waals surface area (Å²) in [6.07, 6.45) is 8.45. The Morgan fingerprint density at radius 1 is 1.16 bits per heavy atom. The highest BCUT2D eigenvalue weighted by Gasteiger charge is 2.12. The van der Waals surface area contributed by atoms with Crippen LogP contribution in [0.2, 0.25) is 0 Å². The Labute approximate surface area is 118 Å². The van der Waals surface area contributed by atoms with Crippen LogP contribution < -0.4 is 0 Å². The van der Waals surface area contributed by atoms with Gasteiger partial charge in [-0.1, -0.05) is 24.7 Å². The fourth-order valence-corrected chi connectivity index (χ4v) is 2.94. The normalized spacial score (nSPS) is 14.7. The van der Waals surface area contributed by atoms with Gasteiger partial charge in [0.2, 0.25) is 0 Å². The smallest absolute Gasteiger partial charge is 0.133 e. The van der Waals surface area contributed by atoms with Gasteiger partial charge in [0.15, 0.2) is 0 Å². The van der Waals surface area contributed by atoms with Gasteiger partial charge in [-0.15, -0.1) is 0 Å². The number of aromatic nitrogens is 3. The predicted molar refractivity (Wildman–Crippen MR) is 77.7 cm³/mol. The summed E-state index contributed by atoms with van der Waals surface area (Å²) in [5.41, 5.74) is 3.58. The molecule has 0 saturated carbocycles. The average molecular weight is 271 g/mol. The second kappa shape index (κ2) is 5.61. The van der Waals surface area contributed by atoms with Crippen molar-refractivity contribution < 1.29 is 0 Å². The Bertz CT molecular complexity index is 619. The molecule has 2 heterocycles. The van der Waals surface area contributed by atoms with Gasteiger partial charge < -0.3 is 4.98 Å². The number of hydrogen-bond acceptors (Lipinski definition) is 3. The van der Waals surface area contributed by atoms with Crippen LogP contribution in [0.5, 0.6) is 0 Å². The van der Waals surface area contributed by atoms with Gasteiger partial charge in [0, 0.05) is 29.6 Å². The van der Waals surface area contributed by atoms with Gasteiger partial charge in [0.25, 0.3) is 0 Å². The molecule has 1 N–H and O–H groups in total. The Hall–Kier alpha value is -1.55. The van der Waals surface area contributed by atoms with Crippen molar-refractivity contribution in [2.24, 2.45) is 0 Å². The third-order valence-electron chi connectivity index (χ3n) is 3.58. The molecule has 0 fully saturated rings. The maximum Gasteiger partial charge on any atom is 0.133 e. The lowest BCUT2D eigenvalue weighted by atomic mass is 10.1. The van der Waals surface area contributed by atoms with Crippen LogP contribution >= 0.6 is 12.2 Å². The van der Waals surface area contributed by atoms with Gasteiger partial charge in [-0.25, -0.2) is 4.98 Å². The van der Waals surface area contributed by atoms with E-state index in [4.69, 9.17) is 12.2 Å². The lowest BCUT2D eigenvalue weighted by Crippen LogP contribution is -2.06. The van der Waals surface area contributed by atoms with Crippen LogP contribution in [0.4, 0.5) is 0 Å². The van der Waals surface area contributed by atoms with E-state index in [0.717, 1.165) is 35.4 Å². The second-order valence-corrected chi connectivity index (χ2v) is 5.39. The van der Waals surface area contributed by atoms with Crippen molar-refractivity contribution in [1.82, 2.24) is 15.0 Å². The molecular weight excluding hydrogens is 254 g/mol. The molecule has 0 bridgehead atoms. The van der Waals surface area contributed by atoms with Gasteiger partial charge in [-0.2, -0.15) is 0 Å². The molecule has 0 aromatic carbocycles. The van der Waals surface area contributed by atoms with Crippen LogP contribution in [0, 0.1) is 4.64 Å². The van der Waals surface area contributed by atoms with E-state index in [-0.39, 0.29) is 0 Å². The summed E-state index contributed by atoms with van der Waals surface area (Å²) in [6.45, 7) is 0. The zero-order chi connectivity index (χ0) is 13.1. The molecular formula is C15H17N3S. The standard InChI is InChI=1S/C15H17N3S/c19-15-12-7-2-1-3-8-13(12)17-14(18-15)10-11-6-4-5-9-16-11/h4-6,9H,1-3,7-8,10H2,(H,17,18,19). The van der Waals surface area contributed by atoms with Crippen molar-refractivity contribution in [3.8, 4) is 0 Å². The maximum absolute atomic E-state index is 5.45. The quantitative estimate of drug-likeness (QED) is 0.672. The molecule has 19 heavy (non-hydrogen) atoms. The van der Waals surface area contributed by atoms with E-state index in [1.165, 1.54) is 30.5 Å². The van der Waals surface area contributed by atoms with E-state index in [2.05, 4.69) is 15.0 Å². The molecule has 0 radical (unpaired) electrons. The minimum Gasteiger partial charge on any atom is -0.347 e. The highest BCUT2D eigenvalue weighted by Crippen LogP contribution is 2.20. The minimum absolute atomic E-state index is 0.720. The predicted octanol–water partition coefficient (Wildman–Crippen LogP) is 3.39. The summed E-state index contributed by atoms with van der Waals surface area (Å²) >= 11 is 5.45. The fraction of sp³-hybridized carbons (Fsp3) is 0.400. The van der Waals surface area contributed by atoms with Gasteiger partial charge in [0.05, 0.1) is 0 Å². The number of pyridine rings is 1. The maximum atomic E-state index is 5.45. The van der Waals surface area contributed by atoms with Crippen molar-refractivity contribution in [2.45, 2.75) is 38.5 Å². The summed E-state index contributed by atoms with van der Waals surface area (Å²) < 4.78 is 0.779. The first-order valence-electron chi connectivity index (χ1n) is 6.84. The molecule has 2 aromatic rings. The Balaban J connectivity index is 1.93. The van der Waals surface area contributed by atoms with Gasteiger partial charge in [0.1, 0.15) is 10.5 Å². The van der Waals surface area contributed by atoms with Gasteiger partial charge >= 0.3 is 0 Å². The van der Waals surface area contributed by atoms with E-state index in [1.54, 1.807) is 0 Å². The number of aryl methyl sites for hydroxylation is 1. The number of nitrogens with zero attached hydrogens (tertiary/aromatic N) is 2. The second-order valence-electron chi connectivity index (χ2n) is 5.00. The van der Waals surface area contributed by atoms with Crippen LogP contribution in [-0.2, 0) is 19.3 Å². The largest absolute Gasteiger partial charge is 0.347 e. The number of nitrogens with one attached hydrogen (secondary N) is 1. The Kier molecular flexibility index (Phi) is 3.69. The molecule has 0 unspecified atom stereocenters. The molecule has 1 aliphatic carbocycles. The van der Waals surface area contributed by atoms with Crippen molar-refractivity contribution in [1.29, 1.82) is 0 Å². The topological polar surface area (TPSA) is 41.6 Å². The minimum atomic E-state index is 0.720. The van der Waals surface area contributed by atoms with E-state index in [0.29, 0.717) is 0 Å². The number of H-pyrrole nitrogens is 1. The molecule has 4 heteroatoms. The van der Waals surface area contributed by atoms with Crippen LogP contribution in [-0.4, -0.2) is 15.0 Å². The highest BCUT2D eigenvalue weighted by atomic mass is 32.1. The molecule has 2 aromatic heterocycles. The van der Waals surface area contributed by atoms with Crippen LogP contribution in [0.3, 0.4) is 0 Å². The number of rotatable bonds is 2. The fourth-order valence-electron chi connectivity index (χ4n) is 2.61. The Morgan fingerprint density at radius 2 is 2.05 bits per heavy atom. The van der Waals surface area contributed by atoms with E-state index >= 15 is 0 Å². The molecule has 3 nitrogen and oxygen atoms in total. The zero-order valence-electron chi connectivity index (χ0n) is 10.9. The number of hydrogen-bond donors (Lipinski definition) is 1. The third kappa shape index (κ3) is 2.89. The molecule has 0 spiro atoms. The zero-order valence-corrected chi connectivity index (χ0v) is 11.7. The molecule has 3 rings (SSSR count). The molecule has 0 saturated heterocycles. The van der Waals surface area contributed by atoms with Gasteiger partial charge in [-0.05, 0) is 37.8 Å². The van der Waals surface area contributed by atoms with Crippen molar-refractivity contribution >= 4 is 12.2 Å². The van der Waals surface area contributed by atoms with E-state index in [9.17, 15) is 0 Å². The first kappa shape index (κ1) is 12.5. The molecule has 98 valence electrons.